The Morgan fingerprint density at radius 3 is 2.50 bits per heavy atom. The van der Waals surface area contributed by atoms with E-state index in [0.29, 0.717) is 12.0 Å². The summed E-state index contributed by atoms with van der Waals surface area (Å²) in [6, 6.07) is 0.337. The van der Waals surface area contributed by atoms with Crippen molar-refractivity contribution in [1.29, 1.82) is 0 Å². The molecule has 16 heavy (non-hydrogen) atoms. The first-order valence-corrected chi connectivity index (χ1v) is 6.70. The average molecular weight is 226 g/mol. The maximum atomic E-state index is 11.5. The topological polar surface area (TPSA) is 32.3 Å². The molecule has 1 fully saturated rings. The van der Waals surface area contributed by atoms with E-state index in [1.165, 1.54) is 6.42 Å². The minimum atomic E-state index is 0.273. The quantitative estimate of drug-likeness (QED) is 0.687. The molecule has 94 valence electrons. The van der Waals surface area contributed by atoms with Gasteiger partial charge in [-0.1, -0.05) is 13.8 Å². The second kappa shape index (κ2) is 6.89. The van der Waals surface area contributed by atoms with Crippen molar-refractivity contribution in [3.63, 3.8) is 0 Å². The molecule has 1 amide bonds. The molecular weight excluding hydrogens is 200 g/mol. The number of rotatable bonds is 8. The molecule has 0 saturated heterocycles. The molecule has 1 atom stereocenters. The summed E-state index contributed by atoms with van der Waals surface area (Å²) in [5.41, 5.74) is 0. The van der Waals surface area contributed by atoms with Crippen LogP contribution in [0.2, 0.25) is 0 Å². The fourth-order valence-electron chi connectivity index (χ4n) is 1.94. The SMILES string of the molecule is CCN(CC)CCCC(C)NC(=O)C1CC1. The number of hydrogen-bond donors (Lipinski definition) is 1. The van der Waals surface area contributed by atoms with Gasteiger partial charge in [0.25, 0.3) is 0 Å². The van der Waals surface area contributed by atoms with Gasteiger partial charge in [0.05, 0.1) is 0 Å². The van der Waals surface area contributed by atoms with Crippen molar-refractivity contribution >= 4 is 5.91 Å². The van der Waals surface area contributed by atoms with E-state index in [0.717, 1.165) is 38.9 Å². The van der Waals surface area contributed by atoms with Crippen molar-refractivity contribution in [1.82, 2.24) is 10.2 Å². The molecular formula is C13H26N2O. The predicted molar refractivity (Wildman–Crippen MR) is 67.4 cm³/mol. The zero-order valence-corrected chi connectivity index (χ0v) is 11.0. The Hall–Kier alpha value is -0.570. The van der Waals surface area contributed by atoms with Crippen molar-refractivity contribution in [3.05, 3.63) is 0 Å². The van der Waals surface area contributed by atoms with Crippen LogP contribution < -0.4 is 5.32 Å². The van der Waals surface area contributed by atoms with Gasteiger partial charge < -0.3 is 10.2 Å². The van der Waals surface area contributed by atoms with E-state index in [2.05, 4.69) is 31.0 Å². The number of nitrogens with zero attached hydrogens (tertiary/aromatic N) is 1. The number of carbonyl (C=O) groups excluding carboxylic acids is 1. The van der Waals surface area contributed by atoms with Gasteiger partial charge in [-0.05, 0) is 52.2 Å². The lowest BCUT2D eigenvalue weighted by atomic mass is 10.1. The second-order valence-corrected chi connectivity index (χ2v) is 4.85. The van der Waals surface area contributed by atoms with Gasteiger partial charge in [-0.2, -0.15) is 0 Å². The van der Waals surface area contributed by atoms with E-state index in [4.69, 9.17) is 0 Å². The monoisotopic (exact) mass is 226 g/mol. The lowest BCUT2D eigenvalue weighted by Gasteiger charge is -2.19. The van der Waals surface area contributed by atoms with Gasteiger partial charge in [-0.3, -0.25) is 4.79 Å². The molecule has 0 aliphatic heterocycles. The third-order valence-electron chi connectivity index (χ3n) is 3.34. The van der Waals surface area contributed by atoms with Gasteiger partial charge in [0, 0.05) is 12.0 Å². The molecule has 1 N–H and O–H groups in total. The Labute approximate surface area is 99.6 Å². The van der Waals surface area contributed by atoms with Gasteiger partial charge in [0.2, 0.25) is 5.91 Å². The van der Waals surface area contributed by atoms with Crippen LogP contribution in [-0.4, -0.2) is 36.5 Å². The fraction of sp³-hybridized carbons (Fsp3) is 0.923. The minimum absolute atomic E-state index is 0.273. The van der Waals surface area contributed by atoms with Crippen LogP contribution in [0.25, 0.3) is 0 Å². The molecule has 1 unspecified atom stereocenters. The summed E-state index contributed by atoms with van der Waals surface area (Å²) < 4.78 is 0. The highest BCUT2D eigenvalue weighted by Gasteiger charge is 2.29. The van der Waals surface area contributed by atoms with E-state index in [-0.39, 0.29) is 5.91 Å². The van der Waals surface area contributed by atoms with Gasteiger partial charge in [0.1, 0.15) is 0 Å². The van der Waals surface area contributed by atoms with Gasteiger partial charge in [-0.15, -0.1) is 0 Å². The summed E-state index contributed by atoms with van der Waals surface area (Å²) >= 11 is 0. The third-order valence-corrected chi connectivity index (χ3v) is 3.34. The first kappa shape index (κ1) is 13.5. The summed E-state index contributed by atoms with van der Waals surface area (Å²) in [4.78, 5) is 13.9. The summed E-state index contributed by atoms with van der Waals surface area (Å²) in [6.07, 6.45) is 4.46. The molecule has 0 spiro atoms. The van der Waals surface area contributed by atoms with Crippen LogP contribution in [-0.2, 0) is 4.79 Å². The molecule has 0 bridgehead atoms. The van der Waals surface area contributed by atoms with E-state index in [9.17, 15) is 4.79 Å². The normalized spacial score (nSPS) is 17.5. The highest BCUT2D eigenvalue weighted by molar-refractivity contribution is 5.81. The zero-order chi connectivity index (χ0) is 12.0. The summed E-state index contributed by atoms with van der Waals surface area (Å²) in [6.45, 7) is 9.90. The van der Waals surface area contributed by atoms with E-state index in [1.807, 2.05) is 0 Å². The molecule has 1 saturated carbocycles. The zero-order valence-electron chi connectivity index (χ0n) is 11.0. The number of nitrogens with one attached hydrogen (secondary N) is 1. The fourth-order valence-corrected chi connectivity index (χ4v) is 1.94. The molecule has 1 aliphatic carbocycles. The highest BCUT2D eigenvalue weighted by atomic mass is 16.2. The van der Waals surface area contributed by atoms with Crippen molar-refractivity contribution < 1.29 is 4.79 Å². The Balaban J connectivity index is 2.04. The van der Waals surface area contributed by atoms with Crippen LogP contribution in [0.5, 0.6) is 0 Å². The molecule has 3 nitrogen and oxygen atoms in total. The van der Waals surface area contributed by atoms with E-state index in [1.54, 1.807) is 0 Å². The maximum absolute atomic E-state index is 11.5. The standard InChI is InChI=1S/C13H26N2O/c1-4-15(5-2)10-6-7-11(3)14-13(16)12-8-9-12/h11-12H,4-10H2,1-3H3,(H,14,16). The Morgan fingerprint density at radius 1 is 1.38 bits per heavy atom. The highest BCUT2D eigenvalue weighted by Crippen LogP contribution is 2.28. The first-order chi connectivity index (χ1) is 7.67. The Bertz CT molecular complexity index is 210. The van der Waals surface area contributed by atoms with Crippen molar-refractivity contribution in [2.45, 2.75) is 52.5 Å². The van der Waals surface area contributed by atoms with Gasteiger partial charge in [-0.25, -0.2) is 0 Å². The summed E-state index contributed by atoms with van der Waals surface area (Å²) in [5, 5.41) is 3.09. The van der Waals surface area contributed by atoms with E-state index < -0.39 is 0 Å². The maximum Gasteiger partial charge on any atom is 0.223 e. The first-order valence-electron chi connectivity index (χ1n) is 6.70. The molecule has 0 aromatic rings. The molecule has 0 aromatic heterocycles. The second-order valence-electron chi connectivity index (χ2n) is 4.85. The molecule has 0 radical (unpaired) electrons. The average Bonchev–Trinajstić information content (AvgIpc) is 3.08. The lowest BCUT2D eigenvalue weighted by Crippen LogP contribution is -2.34. The van der Waals surface area contributed by atoms with E-state index >= 15 is 0 Å². The molecule has 1 aliphatic rings. The minimum Gasteiger partial charge on any atom is -0.353 e. The molecule has 0 heterocycles. The largest absolute Gasteiger partial charge is 0.353 e. The molecule has 1 rings (SSSR count). The summed E-state index contributed by atoms with van der Waals surface area (Å²) in [7, 11) is 0. The van der Waals surface area contributed by atoms with Crippen LogP contribution >= 0.6 is 0 Å². The Kier molecular flexibility index (Phi) is 5.81. The van der Waals surface area contributed by atoms with Crippen molar-refractivity contribution in [2.24, 2.45) is 5.92 Å². The van der Waals surface area contributed by atoms with Crippen molar-refractivity contribution in [3.8, 4) is 0 Å². The van der Waals surface area contributed by atoms with Gasteiger partial charge in [0.15, 0.2) is 0 Å². The molecule has 0 aromatic carbocycles. The lowest BCUT2D eigenvalue weighted by molar-refractivity contribution is -0.122. The number of amides is 1. The smallest absolute Gasteiger partial charge is 0.223 e. The number of hydrogen-bond acceptors (Lipinski definition) is 2. The number of carbonyl (C=O) groups is 1. The van der Waals surface area contributed by atoms with Crippen molar-refractivity contribution in [2.75, 3.05) is 19.6 Å². The van der Waals surface area contributed by atoms with Crippen LogP contribution in [0.15, 0.2) is 0 Å². The summed E-state index contributed by atoms with van der Waals surface area (Å²) in [5.74, 6) is 0.612. The predicted octanol–water partition coefficient (Wildman–Crippen LogP) is 2.02. The molecule has 3 heteroatoms. The van der Waals surface area contributed by atoms with Crippen LogP contribution in [0.3, 0.4) is 0 Å². The van der Waals surface area contributed by atoms with Crippen LogP contribution in [0.4, 0.5) is 0 Å². The third kappa shape index (κ3) is 4.97. The van der Waals surface area contributed by atoms with Crippen LogP contribution in [0, 0.1) is 5.92 Å². The van der Waals surface area contributed by atoms with Gasteiger partial charge >= 0.3 is 0 Å². The Morgan fingerprint density at radius 2 is 2.00 bits per heavy atom. The van der Waals surface area contributed by atoms with Crippen LogP contribution in [0.1, 0.15) is 46.5 Å².